The fourth-order valence-corrected chi connectivity index (χ4v) is 4.26. The standard InChI is InChI=1S/C23H27ClN2O3/c1-28-19-12-8-18(9-13-19)26-21(16-25-14-4-2-3-5-15-25)22(23(26)27)29-20-10-6-17(24)7-11-20/h6-13,21-22H,2-5,14-16H2,1H3/t21-,22+/m1/s1. The molecule has 0 unspecified atom stereocenters. The summed E-state index contributed by atoms with van der Waals surface area (Å²) in [6, 6.07) is 14.8. The summed E-state index contributed by atoms with van der Waals surface area (Å²) in [6.07, 6.45) is 4.51. The number of likely N-dealkylation sites (tertiary alicyclic amines) is 1. The van der Waals surface area contributed by atoms with Gasteiger partial charge < -0.3 is 19.3 Å². The number of rotatable bonds is 6. The number of β-lactam (4-membered cyclic amide) rings is 1. The first-order valence-corrected chi connectivity index (χ1v) is 10.7. The largest absolute Gasteiger partial charge is 0.497 e. The van der Waals surface area contributed by atoms with E-state index >= 15 is 0 Å². The van der Waals surface area contributed by atoms with Gasteiger partial charge in [-0.15, -0.1) is 0 Å². The van der Waals surface area contributed by atoms with Gasteiger partial charge in [-0.05, 0) is 74.5 Å². The lowest BCUT2D eigenvalue weighted by Gasteiger charge is -2.48. The van der Waals surface area contributed by atoms with Gasteiger partial charge in [0.15, 0.2) is 6.10 Å². The van der Waals surface area contributed by atoms with Crippen molar-refractivity contribution in [2.45, 2.75) is 37.8 Å². The molecule has 2 saturated heterocycles. The Labute approximate surface area is 177 Å². The van der Waals surface area contributed by atoms with E-state index in [1.807, 2.05) is 41.3 Å². The minimum Gasteiger partial charge on any atom is -0.497 e. The van der Waals surface area contributed by atoms with Crippen molar-refractivity contribution in [2.75, 3.05) is 31.6 Å². The van der Waals surface area contributed by atoms with E-state index in [9.17, 15) is 4.79 Å². The third kappa shape index (κ3) is 4.51. The van der Waals surface area contributed by atoms with Gasteiger partial charge in [0.1, 0.15) is 11.5 Å². The number of hydrogen-bond acceptors (Lipinski definition) is 4. The van der Waals surface area contributed by atoms with Crippen LogP contribution in [0.4, 0.5) is 5.69 Å². The lowest BCUT2D eigenvalue weighted by molar-refractivity contribution is -0.135. The monoisotopic (exact) mass is 414 g/mol. The molecule has 2 heterocycles. The summed E-state index contributed by atoms with van der Waals surface area (Å²) < 4.78 is 11.4. The summed E-state index contributed by atoms with van der Waals surface area (Å²) in [4.78, 5) is 17.4. The smallest absolute Gasteiger partial charge is 0.270 e. The average molecular weight is 415 g/mol. The van der Waals surface area contributed by atoms with E-state index in [0.717, 1.165) is 31.1 Å². The van der Waals surface area contributed by atoms with Crippen molar-refractivity contribution in [3.8, 4) is 11.5 Å². The Morgan fingerprint density at radius 1 is 0.931 bits per heavy atom. The van der Waals surface area contributed by atoms with E-state index < -0.39 is 6.10 Å². The molecular formula is C23H27ClN2O3. The predicted molar refractivity (Wildman–Crippen MR) is 115 cm³/mol. The van der Waals surface area contributed by atoms with E-state index in [1.165, 1.54) is 25.7 Å². The summed E-state index contributed by atoms with van der Waals surface area (Å²) in [6.45, 7) is 2.97. The van der Waals surface area contributed by atoms with Crippen LogP contribution in [0.3, 0.4) is 0 Å². The number of hydrogen-bond donors (Lipinski definition) is 0. The van der Waals surface area contributed by atoms with Gasteiger partial charge in [0, 0.05) is 17.3 Å². The molecule has 6 heteroatoms. The highest BCUT2D eigenvalue weighted by atomic mass is 35.5. The Balaban J connectivity index is 1.54. The van der Waals surface area contributed by atoms with Crippen LogP contribution in [-0.4, -0.2) is 49.7 Å². The molecule has 0 spiro atoms. The van der Waals surface area contributed by atoms with Gasteiger partial charge >= 0.3 is 0 Å². The molecule has 1 amide bonds. The second-order valence-electron chi connectivity index (χ2n) is 7.68. The molecule has 2 aliphatic rings. The first-order valence-electron chi connectivity index (χ1n) is 10.3. The molecule has 0 saturated carbocycles. The van der Waals surface area contributed by atoms with Gasteiger partial charge in [-0.3, -0.25) is 4.79 Å². The Morgan fingerprint density at radius 3 is 2.17 bits per heavy atom. The van der Waals surface area contributed by atoms with Crippen molar-refractivity contribution in [2.24, 2.45) is 0 Å². The van der Waals surface area contributed by atoms with Gasteiger partial charge in [0.25, 0.3) is 5.91 Å². The molecule has 2 aliphatic heterocycles. The molecule has 0 aromatic heterocycles. The van der Waals surface area contributed by atoms with Crippen LogP contribution in [0.5, 0.6) is 11.5 Å². The van der Waals surface area contributed by atoms with E-state index in [-0.39, 0.29) is 11.9 Å². The Bertz CT molecular complexity index is 817. The molecule has 0 radical (unpaired) electrons. The van der Waals surface area contributed by atoms with Gasteiger partial charge in [-0.1, -0.05) is 24.4 Å². The maximum Gasteiger partial charge on any atom is 0.270 e. The number of ether oxygens (including phenoxy) is 2. The number of amides is 1. The van der Waals surface area contributed by atoms with E-state index in [1.54, 1.807) is 19.2 Å². The van der Waals surface area contributed by atoms with Crippen molar-refractivity contribution >= 4 is 23.2 Å². The van der Waals surface area contributed by atoms with E-state index in [0.29, 0.717) is 10.8 Å². The molecular weight excluding hydrogens is 388 g/mol. The highest BCUT2D eigenvalue weighted by molar-refractivity contribution is 6.30. The first kappa shape index (κ1) is 20.0. The Kier molecular flexibility index (Phi) is 6.26. The van der Waals surface area contributed by atoms with E-state index in [2.05, 4.69) is 4.90 Å². The van der Waals surface area contributed by atoms with E-state index in [4.69, 9.17) is 21.1 Å². The minimum absolute atomic E-state index is 0.00932. The summed E-state index contributed by atoms with van der Waals surface area (Å²) >= 11 is 5.98. The summed E-state index contributed by atoms with van der Waals surface area (Å²) in [7, 11) is 1.64. The first-order chi connectivity index (χ1) is 14.2. The molecule has 0 aliphatic carbocycles. The topological polar surface area (TPSA) is 42.0 Å². The zero-order chi connectivity index (χ0) is 20.2. The maximum absolute atomic E-state index is 13.0. The Morgan fingerprint density at radius 2 is 1.55 bits per heavy atom. The van der Waals surface area contributed by atoms with Gasteiger partial charge in [0.05, 0.1) is 13.2 Å². The Hall–Kier alpha value is -2.24. The number of benzene rings is 2. The van der Waals surface area contributed by atoms with Gasteiger partial charge in [0.2, 0.25) is 0 Å². The van der Waals surface area contributed by atoms with Crippen molar-refractivity contribution < 1.29 is 14.3 Å². The highest BCUT2D eigenvalue weighted by Gasteiger charge is 2.50. The lowest BCUT2D eigenvalue weighted by Crippen LogP contribution is -2.70. The second-order valence-corrected chi connectivity index (χ2v) is 8.12. The van der Waals surface area contributed by atoms with Crippen molar-refractivity contribution in [1.29, 1.82) is 0 Å². The molecule has 5 nitrogen and oxygen atoms in total. The number of methoxy groups -OCH3 is 1. The van der Waals surface area contributed by atoms with Crippen LogP contribution in [0.2, 0.25) is 5.02 Å². The number of carbonyl (C=O) groups is 1. The molecule has 2 atom stereocenters. The second kappa shape index (κ2) is 9.06. The van der Waals surface area contributed by atoms with Crippen LogP contribution in [0.25, 0.3) is 0 Å². The number of carbonyl (C=O) groups excluding carboxylic acids is 1. The summed E-state index contributed by atoms with van der Waals surface area (Å²) in [5, 5.41) is 0.651. The molecule has 154 valence electrons. The molecule has 29 heavy (non-hydrogen) atoms. The fraction of sp³-hybridized carbons (Fsp3) is 0.435. The summed E-state index contributed by atoms with van der Waals surface area (Å²) in [5.74, 6) is 1.44. The molecule has 2 fully saturated rings. The maximum atomic E-state index is 13.0. The van der Waals surface area contributed by atoms with Crippen LogP contribution in [0.1, 0.15) is 25.7 Å². The van der Waals surface area contributed by atoms with Crippen LogP contribution >= 0.6 is 11.6 Å². The quantitative estimate of drug-likeness (QED) is 0.657. The molecule has 2 aromatic rings. The van der Waals surface area contributed by atoms with Crippen molar-refractivity contribution in [3.63, 3.8) is 0 Å². The molecule has 0 bridgehead atoms. The number of halogens is 1. The molecule has 4 rings (SSSR count). The number of nitrogens with zero attached hydrogens (tertiary/aromatic N) is 2. The van der Waals surface area contributed by atoms with Crippen LogP contribution in [0, 0.1) is 0 Å². The SMILES string of the molecule is COc1ccc(N2C(=O)[C@@H](Oc3ccc(Cl)cc3)[C@H]2CN2CCCCCC2)cc1. The highest BCUT2D eigenvalue weighted by Crippen LogP contribution is 2.33. The van der Waals surface area contributed by atoms with Crippen molar-refractivity contribution in [1.82, 2.24) is 4.90 Å². The number of anilines is 1. The zero-order valence-electron chi connectivity index (χ0n) is 16.7. The van der Waals surface area contributed by atoms with Crippen LogP contribution in [0.15, 0.2) is 48.5 Å². The third-order valence-corrected chi connectivity index (χ3v) is 5.99. The van der Waals surface area contributed by atoms with Crippen molar-refractivity contribution in [3.05, 3.63) is 53.6 Å². The van der Waals surface area contributed by atoms with Crippen LogP contribution in [-0.2, 0) is 4.79 Å². The molecule has 2 aromatic carbocycles. The van der Waals surface area contributed by atoms with Crippen LogP contribution < -0.4 is 14.4 Å². The predicted octanol–water partition coefficient (Wildman–Crippen LogP) is 4.39. The third-order valence-electron chi connectivity index (χ3n) is 5.73. The average Bonchev–Trinajstić information content (AvgIpc) is 3.02. The summed E-state index contributed by atoms with van der Waals surface area (Å²) in [5.41, 5.74) is 0.881. The fourth-order valence-electron chi connectivity index (χ4n) is 4.13. The minimum atomic E-state index is -0.485. The normalized spacial score (nSPS) is 22.7. The lowest BCUT2D eigenvalue weighted by atomic mass is 9.95. The molecule has 0 N–H and O–H groups in total. The van der Waals surface area contributed by atoms with Gasteiger partial charge in [-0.25, -0.2) is 0 Å². The zero-order valence-corrected chi connectivity index (χ0v) is 17.5. The van der Waals surface area contributed by atoms with Gasteiger partial charge in [-0.2, -0.15) is 0 Å².